The first-order valence-electron chi connectivity index (χ1n) is 6.53. The number of carbonyl (C=O) groups excluding carboxylic acids is 2. The predicted molar refractivity (Wildman–Crippen MR) is 72.3 cm³/mol. The molecule has 0 aliphatic carbocycles. The molecule has 0 aliphatic heterocycles. The van der Waals surface area contributed by atoms with Crippen molar-refractivity contribution in [3.63, 3.8) is 0 Å². The Morgan fingerprint density at radius 1 is 1.33 bits per heavy atom. The average molecular weight is 297 g/mol. The van der Waals surface area contributed by atoms with Gasteiger partial charge < -0.3 is 20.7 Å². The van der Waals surface area contributed by atoms with Gasteiger partial charge in [0.25, 0.3) is 0 Å². The molecule has 8 heteroatoms. The molecule has 1 aromatic heterocycles. The van der Waals surface area contributed by atoms with E-state index in [1.54, 1.807) is 13.8 Å². The van der Waals surface area contributed by atoms with Gasteiger partial charge in [-0.3, -0.25) is 9.59 Å². The Kier molecular flexibility index (Phi) is 5.89. The number of aromatic nitrogens is 1. The van der Waals surface area contributed by atoms with Gasteiger partial charge in [-0.2, -0.15) is 0 Å². The lowest BCUT2D eigenvalue weighted by atomic mass is 10.1. The van der Waals surface area contributed by atoms with Gasteiger partial charge in [0.05, 0.1) is 5.69 Å². The van der Waals surface area contributed by atoms with Crippen molar-refractivity contribution in [2.75, 3.05) is 0 Å². The number of aryl methyl sites for hydroxylation is 2. The number of hydrogen-bond donors (Lipinski definition) is 3. The van der Waals surface area contributed by atoms with Gasteiger partial charge >= 0.3 is 5.97 Å². The lowest BCUT2D eigenvalue weighted by Gasteiger charge is -2.13. The Hall–Kier alpha value is -2.38. The SMILES string of the molecule is Cc1noc(C)c1CCC(=O)NC(CCC(N)=O)C(=O)O. The second-order valence-corrected chi connectivity index (χ2v) is 4.77. The Morgan fingerprint density at radius 2 is 2.00 bits per heavy atom. The van der Waals surface area contributed by atoms with Crippen LogP contribution in [0.2, 0.25) is 0 Å². The standard InChI is InChI=1S/C13H19N3O5/c1-7-9(8(2)21-16-7)3-6-12(18)15-10(13(19)20)4-5-11(14)17/h10H,3-6H2,1-2H3,(H2,14,17)(H,15,18)(H,19,20). The van der Waals surface area contributed by atoms with E-state index < -0.39 is 23.8 Å². The number of nitrogens with zero attached hydrogens (tertiary/aromatic N) is 1. The van der Waals surface area contributed by atoms with Gasteiger partial charge in [-0.25, -0.2) is 4.79 Å². The van der Waals surface area contributed by atoms with Gasteiger partial charge in [0.2, 0.25) is 11.8 Å². The van der Waals surface area contributed by atoms with Crippen LogP contribution >= 0.6 is 0 Å². The molecule has 0 aliphatic rings. The Balaban J connectivity index is 2.50. The van der Waals surface area contributed by atoms with Crippen molar-refractivity contribution in [3.8, 4) is 0 Å². The summed E-state index contributed by atoms with van der Waals surface area (Å²) in [4.78, 5) is 33.4. The summed E-state index contributed by atoms with van der Waals surface area (Å²) in [5, 5.41) is 15.1. The van der Waals surface area contributed by atoms with Crippen LogP contribution in [0.15, 0.2) is 4.52 Å². The topological polar surface area (TPSA) is 136 Å². The number of primary amides is 1. The van der Waals surface area contributed by atoms with Crippen LogP contribution in [0.4, 0.5) is 0 Å². The van der Waals surface area contributed by atoms with Crippen LogP contribution in [0.25, 0.3) is 0 Å². The molecule has 1 heterocycles. The molecule has 1 aromatic rings. The number of carbonyl (C=O) groups is 3. The largest absolute Gasteiger partial charge is 0.480 e. The van der Waals surface area contributed by atoms with Crippen LogP contribution in [0.3, 0.4) is 0 Å². The fourth-order valence-electron chi connectivity index (χ4n) is 1.91. The highest BCUT2D eigenvalue weighted by atomic mass is 16.5. The van der Waals surface area contributed by atoms with Crippen LogP contribution in [-0.2, 0) is 20.8 Å². The fraction of sp³-hybridized carbons (Fsp3) is 0.538. The zero-order valence-electron chi connectivity index (χ0n) is 12.0. The Bertz CT molecular complexity index is 518. The summed E-state index contributed by atoms with van der Waals surface area (Å²) in [7, 11) is 0. The average Bonchev–Trinajstić information content (AvgIpc) is 2.71. The normalized spacial score (nSPS) is 11.9. The van der Waals surface area contributed by atoms with E-state index in [1.807, 2.05) is 0 Å². The van der Waals surface area contributed by atoms with Gasteiger partial charge in [-0.1, -0.05) is 5.16 Å². The van der Waals surface area contributed by atoms with E-state index in [0.29, 0.717) is 17.9 Å². The molecule has 0 radical (unpaired) electrons. The molecule has 0 fully saturated rings. The summed E-state index contributed by atoms with van der Waals surface area (Å²) < 4.78 is 4.98. The quantitative estimate of drug-likeness (QED) is 0.620. The van der Waals surface area contributed by atoms with E-state index in [2.05, 4.69) is 10.5 Å². The van der Waals surface area contributed by atoms with Crippen LogP contribution in [0.1, 0.15) is 36.3 Å². The van der Waals surface area contributed by atoms with E-state index in [1.165, 1.54) is 0 Å². The number of nitrogens with one attached hydrogen (secondary N) is 1. The van der Waals surface area contributed by atoms with Gasteiger partial charge in [0.1, 0.15) is 11.8 Å². The van der Waals surface area contributed by atoms with Crippen LogP contribution in [-0.4, -0.2) is 34.1 Å². The zero-order chi connectivity index (χ0) is 16.0. The summed E-state index contributed by atoms with van der Waals surface area (Å²) in [6.45, 7) is 3.52. The first-order chi connectivity index (χ1) is 9.81. The number of carboxylic acid groups (broad SMARTS) is 1. The molecule has 116 valence electrons. The summed E-state index contributed by atoms with van der Waals surface area (Å²) in [5.74, 6) is -1.57. The molecule has 0 saturated heterocycles. The van der Waals surface area contributed by atoms with Crippen LogP contribution in [0, 0.1) is 13.8 Å². The fourth-order valence-corrected chi connectivity index (χ4v) is 1.91. The minimum Gasteiger partial charge on any atom is -0.480 e. The lowest BCUT2D eigenvalue weighted by molar-refractivity contribution is -0.142. The summed E-state index contributed by atoms with van der Waals surface area (Å²) in [5.41, 5.74) is 6.52. The third-order valence-electron chi connectivity index (χ3n) is 3.10. The maximum Gasteiger partial charge on any atom is 0.326 e. The van der Waals surface area contributed by atoms with Gasteiger partial charge in [0, 0.05) is 18.4 Å². The molecule has 0 aromatic carbocycles. The highest BCUT2D eigenvalue weighted by Gasteiger charge is 2.21. The number of nitrogens with two attached hydrogens (primary N) is 1. The molecular formula is C13H19N3O5. The molecule has 0 bridgehead atoms. The molecule has 8 nitrogen and oxygen atoms in total. The van der Waals surface area contributed by atoms with Crippen LogP contribution in [0.5, 0.6) is 0 Å². The smallest absolute Gasteiger partial charge is 0.326 e. The van der Waals surface area contributed by atoms with E-state index in [0.717, 1.165) is 5.56 Å². The van der Waals surface area contributed by atoms with Crippen molar-refractivity contribution in [3.05, 3.63) is 17.0 Å². The van der Waals surface area contributed by atoms with Crippen molar-refractivity contribution in [1.82, 2.24) is 10.5 Å². The number of hydrogen-bond acceptors (Lipinski definition) is 5. The third kappa shape index (κ3) is 5.25. The molecule has 1 rings (SSSR count). The maximum atomic E-state index is 11.8. The summed E-state index contributed by atoms with van der Waals surface area (Å²) >= 11 is 0. The molecule has 0 saturated carbocycles. The predicted octanol–water partition coefficient (Wildman–Crippen LogP) is 0.0589. The van der Waals surface area contributed by atoms with Crippen molar-refractivity contribution < 1.29 is 24.0 Å². The Morgan fingerprint density at radius 3 is 2.48 bits per heavy atom. The Labute approximate surface area is 121 Å². The van der Waals surface area contributed by atoms with Crippen molar-refractivity contribution >= 4 is 17.8 Å². The molecule has 1 atom stereocenters. The van der Waals surface area contributed by atoms with Gasteiger partial charge in [0.15, 0.2) is 0 Å². The second kappa shape index (κ2) is 7.41. The first-order valence-corrected chi connectivity index (χ1v) is 6.53. The van der Waals surface area contributed by atoms with E-state index >= 15 is 0 Å². The molecule has 21 heavy (non-hydrogen) atoms. The highest BCUT2D eigenvalue weighted by molar-refractivity contribution is 5.84. The van der Waals surface area contributed by atoms with E-state index in [4.69, 9.17) is 15.4 Å². The highest BCUT2D eigenvalue weighted by Crippen LogP contribution is 2.14. The monoisotopic (exact) mass is 297 g/mol. The molecule has 4 N–H and O–H groups in total. The maximum absolute atomic E-state index is 11.8. The number of rotatable bonds is 8. The number of amides is 2. The molecular weight excluding hydrogens is 278 g/mol. The van der Waals surface area contributed by atoms with Crippen molar-refractivity contribution in [2.45, 2.75) is 45.6 Å². The van der Waals surface area contributed by atoms with Gasteiger partial charge in [-0.15, -0.1) is 0 Å². The minimum atomic E-state index is -1.19. The van der Waals surface area contributed by atoms with Crippen molar-refractivity contribution in [1.29, 1.82) is 0 Å². The second-order valence-electron chi connectivity index (χ2n) is 4.77. The van der Waals surface area contributed by atoms with E-state index in [9.17, 15) is 14.4 Å². The number of carboxylic acids is 1. The van der Waals surface area contributed by atoms with Crippen LogP contribution < -0.4 is 11.1 Å². The first kappa shape index (κ1) is 16.7. The summed E-state index contributed by atoms with van der Waals surface area (Å²) in [6.07, 6.45) is 0.404. The molecule has 0 spiro atoms. The lowest BCUT2D eigenvalue weighted by Crippen LogP contribution is -2.41. The van der Waals surface area contributed by atoms with E-state index in [-0.39, 0.29) is 19.3 Å². The third-order valence-corrected chi connectivity index (χ3v) is 3.10. The van der Waals surface area contributed by atoms with Crippen molar-refractivity contribution in [2.24, 2.45) is 5.73 Å². The molecule has 2 amide bonds. The molecule has 1 unspecified atom stereocenters. The summed E-state index contributed by atoms with van der Waals surface area (Å²) in [6, 6.07) is -1.12. The zero-order valence-corrected chi connectivity index (χ0v) is 12.0. The minimum absolute atomic E-state index is 0.0261. The number of aliphatic carboxylic acids is 1. The van der Waals surface area contributed by atoms with Gasteiger partial charge in [-0.05, 0) is 26.7 Å².